The molecule has 2 rings (SSSR count). The summed E-state index contributed by atoms with van der Waals surface area (Å²) in [5.74, 6) is 1.57. The maximum atomic E-state index is 5.86. The van der Waals surface area contributed by atoms with Crippen molar-refractivity contribution in [2.45, 2.75) is 27.3 Å². The number of nitrogens with two attached hydrogens (primary N) is 1. The molecule has 0 saturated heterocycles. The third-order valence-electron chi connectivity index (χ3n) is 3.29. The molecule has 0 amide bonds. The Kier molecular flexibility index (Phi) is 4.34. The van der Waals surface area contributed by atoms with Gasteiger partial charge in [-0.1, -0.05) is 12.2 Å². The highest BCUT2D eigenvalue weighted by atomic mass is 32.1. The Hall–Kier alpha value is -1.95. The Balaban J connectivity index is 2.44. The third kappa shape index (κ3) is 2.80. The second-order valence-corrected chi connectivity index (χ2v) is 5.01. The lowest BCUT2D eigenvalue weighted by Crippen LogP contribution is -2.28. The quantitative estimate of drug-likeness (QED) is 0.853. The number of hydrogen-bond donors (Lipinski definition) is 1. The van der Waals surface area contributed by atoms with Crippen molar-refractivity contribution in [2.75, 3.05) is 11.4 Å². The van der Waals surface area contributed by atoms with E-state index in [2.05, 4.69) is 10.2 Å². The highest BCUT2D eigenvalue weighted by molar-refractivity contribution is 7.80. The molecule has 0 aliphatic rings. The fraction of sp³-hybridized carbons (Fsp3) is 0.357. The summed E-state index contributed by atoms with van der Waals surface area (Å²) in [4.78, 5) is 2.39. The average molecular weight is 290 g/mol. The molecule has 0 atom stereocenters. The molecule has 0 spiro atoms. The van der Waals surface area contributed by atoms with Gasteiger partial charge in [-0.05, 0) is 38.5 Å². The van der Waals surface area contributed by atoms with Gasteiger partial charge in [0.15, 0.2) is 5.82 Å². The predicted octanol–water partition coefficient (Wildman–Crippen LogP) is 2.35. The van der Waals surface area contributed by atoms with Crippen molar-refractivity contribution < 1.29 is 4.42 Å². The lowest BCUT2D eigenvalue weighted by molar-refractivity contribution is 0.502. The Morgan fingerprint density at radius 1 is 1.40 bits per heavy atom. The minimum Gasteiger partial charge on any atom is -0.467 e. The second kappa shape index (κ2) is 6.00. The normalized spacial score (nSPS) is 10.6. The minimum absolute atomic E-state index is 0.341. The molecule has 0 aliphatic carbocycles. The fourth-order valence-corrected chi connectivity index (χ4v) is 2.28. The highest BCUT2D eigenvalue weighted by Crippen LogP contribution is 2.23. The lowest BCUT2D eigenvalue weighted by Gasteiger charge is -2.24. The number of aromatic nitrogens is 2. The summed E-state index contributed by atoms with van der Waals surface area (Å²) in [6.45, 7) is 7.27. The van der Waals surface area contributed by atoms with E-state index in [0.29, 0.717) is 17.4 Å². The van der Waals surface area contributed by atoms with Gasteiger partial charge in [0.05, 0.1) is 24.1 Å². The highest BCUT2D eigenvalue weighted by Gasteiger charge is 2.19. The summed E-state index contributed by atoms with van der Waals surface area (Å²) in [6.07, 6.45) is 1.66. The number of nitrogens with zero attached hydrogens (tertiary/aromatic N) is 3. The van der Waals surface area contributed by atoms with Gasteiger partial charge in [0, 0.05) is 6.54 Å². The minimum atomic E-state index is 0.341. The molecule has 0 fully saturated rings. The molecule has 0 bridgehead atoms. The molecular weight excluding hydrogens is 272 g/mol. The zero-order chi connectivity index (χ0) is 14.7. The van der Waals surface area contributed by atoms with Gasteiger partial charge in [-0.3, -0.25) is 0 Å². The van der Waals surface area contributed by atoms with Crippen molar-refractivity contribution in [2.24, 2.45) is 5.73 Å². The van der Waals surface area contributed by atoms with Crippen LogP contribution in [0.1, 0.15) is 29.5 Å². The van der Waals surface area contributed by atoms with Gasteiger partial charge in [-0.15, -0.1) is 5.10 Å². The van der Waals surface area contributed by atoms with Crippen LogP contribution < -0.4 is 10.6 Å². The summed E-state index contributed by atoms with van der Waals surface area (Å²) < 4.78 is 5.39. The lowest BCUT2D eigenvalue weighted by atomic mass is 10.1. The van der Waals surface area contributed by atoms with E-state index < -0.39 is 0 Å². The summed E-state index contributed by atoms with van der Waals surface area (Å²) in [7, 11) is 0. The monoisotopic (exact) mass is 290 g/mol. The van der Waals surface area contributed by atoms with Crippen molar-refractivity contribution in [1.82, 2.24) is 10.2 Å². The van der Waals surface area contributed by atoms with Gasteiger partial charge >= 0.3 is 0 Å². The Bertz CT molecular complexity index is 610. The van der Waals surface area contributed by atoms with Crippen molar-refractivity contribution in [1.29, 1.82) is 0 Å². The topological polar surface area (TPSA) is 68.2 Å². The Morgan fingerprint density at radius 3 is 2.70 bits per heavy atom. The van der Waals surface area contributed by atoms with Crippen LogP contribution in [0, 0.1) is 13.8 Å². The van der Waals surface area contributed by atoms with Crippen molar-refractivity contribution in [3.63, 3.8) is 0 Å². The third-order valence-corrected chi connectivity index (χ3v) is 3.49. The van der Waals surface area contributed by atoms with E-state index in [4.69, 9.17) is 22.4 Å². The summed E-state index contributed by atoms with van der Waals surface area (Å²) in [5.41, 5.74) is 8.47. The van der Waals surface area contributed by atoms with E-state index in [1.165, 1.54) is 0 Å². The van der Waals surface area contributed by atoms with E-state index in [0.717, 1.165) is 29.1 Å². The molecule has 20 heavy (non-hydrogen) atoms. The first kappa shape index (κ1) is 14.5. The van der Waals surface area contributed by atoms with E-state index in [1.807, 2.05) is 37.8 Å². The second-order valence-electron chi connectivity index (χ2n) is 4.57. The van der Waals surface area contributed by atoms with Crippen LogP contribution >= 0.6 is 12.2 Å². The number of anilines is 1. The van der Waals surface area contributed by atoms with Gasteiger partial charge in [0.2, 0.25) is 0 Å². The van der Waals surface area contributed by atoms with E-state index in [9.17, 15) is 0 Å². The van der Waals surface area contributed by atoms with Gasteiger partial charge < -0.3 is 15.1 Å². The predicted molar refractivity (Wildman–Crippen MR) is 82.8 cm³/mol. The van der Waals surface area contributed by atoms with Crippen molar-refractivity contribution in [3.05, 3.63) is 41.0 Å². The molecule has 2 aromatic heterocycles. The van der Waals surface area contributed by atoms with Crippen LogP contribution in [-0.2, 0) is 6.54 Å². The first-order valence-corrected chi connectivity index (χ1v) is 6.86. The molecule has 0 aromatic carbocycles. The van der Waals surface area contributed by atoms with Crippen LogP contribution in [0.15, 0.2) is 22.8 Å². The summed E-state index contributed by atoms with van der Waals surface area (Å²) in [5, 5.41) is 8.46. The Morgan fingerprint density at radius 2 is 2.15 bits per heavy atom. The van der Waals surface area contributed by atoms with E-state index in [-0.39, 0.29) is 0 Å². The zero-order valence-electron chi connectivity index (χ0n) is 11.9. The molecule has 0 aliphatic heterocycles. The first-order valence-electron chi connectivity index (χ1n) is 6.45. The standard InChI is InChI=1S/C14H18N4OS/c1-4-18(8-11-6-5-7-19-11)14-12(13(15)20)9(2)10(3)16-17-14/h5-7H,4,8H2,1-3H3,(H2,15,20). The summed E-state index contributed by atoms with van der Waals surface area (Å²) in [6, 6.07) is 3.79. The molecule has 6 heteroatoms. The molecule has 0 radical (unpaired) electrons. The largest absolute Gasteiger partial charge is 0.467 e. The van der Waals surface area contributed by atoms with Gasteiger partial charge in [0.25, 0.3) is 0 Å². The van der Waals surface area contributed by atoms with Gasteiger partial charge in [-0.25, -0.2) is 0 Å². The zero-order valence-corrected chi connectivity index (χ0v) is 12.7. The SMILES string of the molecule is CCN(Cc1ccco1)c1nnc(C)c(C)c1C(N)=S. The number of aryl methyl sites for hydroxylation is 1. The maximum absolute atomic E-state index is 5.86. The Labute approximate surface area is 123 Å². The average Bonchev–Trinajstić information content (AvgIpc) is 2.91. The molecular formula is C14H18N4OS. The number of hydrogen-bond acceptors (Lipinski definition) is 5. The van der Waals surface area contributed by atoms with E-state index in [1.54, 1.807) is 6.26 Å². The number of furan rings is 1. The molecule has 2 N–H and O–H groups in total. The van der Waals surface area contributed by atoms with Crippen LogP contribution in [0.3, 0.4) is 0 Å². The van der Waals surface area contributed by atoms with Crippen LogP contribution in [0.25, 0.3) is 0 Å². The molecule has 0 unspecified atom stereocenters. The summed E-state index contributed by atoms with van der Waals surface area (Å²) >= 11 is 5.17. The van der Waals surface area contributed by atoms with Crippen LogP contribution in [0.4, 0.5) is 5.82 Å². The molecule has 5 nitrogen and oxygen atoms in total. The van der Waals surface area contributed by atoms with Crippen molar-refractivity contribution >= 4 is 23.0 Å². The van der Waals surface area contributed by atoms with Crippen LogP contribution in [0.5, 0.6) is 0 Å². The molecule has 2 aromatic rings. The van der Waals surface area contributed by atoms with Crippen LogP contribution in [0.2, 0.25) is 0 Å². The maximum Gasteiger partial charge on any atom is 0.162 e. The van der Waals surface area contributed by atoms with Gasteiger partial charge in [-0.2, -0.15) is 5.10 Å². The first-order chi connectivity index (χ1) is 9.54. The van der Waals surface area contributed by atoms with Crippen molar-refractivity contribution in [3.8, 4) is 0 Å². The molecule has 2 heterocycles. The van der Waals surface area contributed by atoms with E-state index >= 15 is 0 Å². The van der Waals surface area contributed by atoms with Gasteiger partial charge in [0.1, 0.15) is 10.7 Å². The fourth-order valence-electron chi connectivity index (χ4n) is 2.04. The molecule has 106 valence electrons. The number of rotatable bonds is 5. The smallest absolute Gasteiger partial charge is 0.162 e. The number of thiocarbonyl (C=S) groups is 1. The van der Waals surface area contributed by atoms with Crippen LogP contribution in [-0.4, -0.2) is 21.7 Å². The molecule has 0 saturated carbocycles.